The number of rotatable bonds is 8. The van der Waals surface area contributed by atoms with Gasteiger partial charge in [-0.05, 0) is 48.5 Å². The van der Waals surface area contributed by atoms with Crippen LogP contribution in [0.5, 0.6) is 0 Å². The fourth-order valence-corrected chi connectivity index (χ4v) is 3.47. The van der Waals surface area contributed by atoms with Crippen molar-refractivity contribution in [2.75, 3.05) is 11.9 Å². The number of nitrogens with one attached hydrogen (secondary N) is 2. The summed E-state index contributed by atoms with van der Waals surface area (Å²) in [4.78, 5) is 22.8. The van der Waals surface area contributed by atoms with Gasteiger partial charge in [0.1, 0.15) is 6.54 Å². The average Bonchev–Trinajstić information content (AvgIpc) is 3.20. The Hall–Kier alpha value is -3.28. The number of ether oxygens (including phenoxy) is 1. The van der Waals surface area contributed by atoms with Crippen LogP contribution >= 0.6 is 11.6 Å². The number of aromatic nitrogens is 2. The standard InChI is InChI=1S/C19H17ClN4O6S/c1-12(25)22-15-6-8-16(9-7-15)31(27,28)21-10-18(26)29-11-17-23-24-19(30-17)13-2-4-14(20)5-3-13/h2-9,21H,10-11H2,1H3,(H,22,25). The molecule has 10 nitrogen and oxygen atoms in total. The fraction of sp³-hybridized carbons (Fsp3) is 0.158. The minimum absolute atomic E-state index is 0.0507. The molecule has 0 atom stereocenters. The van der Waals surface area contributed by atoms with Crippen molar-refractivity contribution in [3.8, 4) is 11.5 Å². The first-order valence-electron chi connectivity index (χ1n) is 8.84. The van der Waals surface area contributed by atoms with E-state index in [0.29, 0.717) is 16.3 Å². The van der Waals surface area contributed by atoms with Gasteiger partial charge in [0.2, 0.25) is 21.8 Å². The summed E-state index contributed by atoms with van der Waals surface area (Å²) in [7, 11) is -3.94. The molecule has 3 rings (SSSR count). The van der Waals surface area contributed by atoms with Crippen molar-refractivity contribution in [3.05, 3.63) is 59.4 Å². The summed E-state index contributed by atoms with van der Waals surface area (Å²) in [6, 6.07) is 12.2. The van der Waals surface area contributed by atoms with Crippen molar-refractivity contribution in [2.24, 2.45) is 0 Å². The highest BCUT2D eigenvalue weighted by atomic mass is 35.5. The Morgan fingerprint density at radius 2 is 1.74 bits per heavy atom. The molecular weight excluding hydrogens is 448 g/mol. The Labute approximate surface area is 182 Å². The highest BCUT2D eigenvalue weighted by molar-refractivity contribution is 7.89. The molecule has 0 saturated carbocycles. The first-order valence-corrected chi connectivity index (χ1v) is 10.7. The molecule has 1 aromatic heterocycles. The van der Waals surface area contributed by atoms with E-state index in [0.717, 1.165) is 0 Å². The zero-order chi connectivity index (χ0) is 22.4. The summed E-state index contributed by atoms with van der Waals surface area (Å²) >= 11 is 5.83. The Morgan fingerprint density at radius 1 is 1.06 bits per heavy atom. The van der Waals surface area contributed by atoms with Crippen LogP contribution in [0.2, 0.25) is 5.02 Å². The normalized spacial score (nSPS) is 11.2. The number of amides is 1. The van der Waals surface area contributed by atoms with Crippen molar-refractivity contribution < 1.29 is 27.2 Å². The van der Waals surface area contributed by atoms with Crippen LogP contribution in [0.4, 0.5) is 5.69 Å². The monoisotopic (exact) mass is 464 g/mol. The van der Waals surface area contributed by atoms with E-state index in [1.54, 1.807) is 24.3 Å². The molecular formula is C19H17ClN4O6S. The summed E-state index contributed by atoms with van der Waals surface area (Å²) in [6.45, 7) is 0.436. The molecule has 0 aliphatic heterocycles. The van der Waals surface area contributed by atoms with Crippen molar-refractivity contribution in [2.45, 2.75) is 18.4 Å². The Balaban J connectivity index is 1.50. The van der Waals surface area contributed by atoms with Gasteiger partial charge in [-0.15, -0.1) is 10.2 Å². The van der Waals surface area contributed by atoms with Gasteiger partial charge < -0.3 is 14.5 Å². The zero-order valence-corrected chi connectivity index (χ0v) is 17.7. The number of esters is 1. The molecule has 2 aromatic carbocycles. The summed E-state index contributed by atoms with van der Waals surface area (Å²) in [5.74, 6) is -0.830. The molecule has 162 valence electrons. The minimum Gasteiger partial charge on any atom is -0.455 e. The molecule has 0 aliphatic carbocycles. The van der Waals surface area contributed by atoms with Crippen molar-refractivity contribution >= 4 is 39.2 Å². The third kappa shape index (κ3) is 6.35. The predicted octanol–water partition coefficient (Wildman–Crippen LogP) is 2.37. The number of carbonyl (C=O) groups excluding carboxylic acids is 2. The molecule has 0 aliphatic rings. The van der Waals surface area contributed by atoms with Crippen LogP contribution < -0.4 is 10.0 Å². The van der Waals surface area contributed by atoms with E-state index in [1.165, 1.54) is 31.2 Å². The van der Waals surface area contributed by atoms with Gasteiger partial charge in [-0.3, -0.25) is 9.59 Å². The lowest BCUT2D eigenvalue weighted by molar-refractivity contribution is -0.144. The third-order valence-corrected chi connectivity index (χ3v) is 5.48. The second kappa shape index (κ2) is 9.69. The van der Waals surface area contributed by atoms with Gasteiger partial charge in [-0.1, -0.05) is 11.6 Å². The third-order valence-electron chi connectivity index (χ3n) is 3.81. The number of hydrogen-bond donors (Lipinski definition) is 2. The molecule has 0 spiro atoms. The van der Waals surface area contributed by atoms with Crippen molar-refractivity contribution in [1.29, 1.82) is 0 Å². The van der Waals surface area contributed by atoms with E-state index in [1.807, 2.05) is 0 Å². The number of anilines is 1. The fourth-order valence-electron chi connectivity index (χ4n) is 2.37. The predicted molar refractivity (Wildman–Crippen MR) is 110 cm³/mol. The van der Waals surface area contributed by atoms with Gasteiger partial charge in [-0.25, -0.2) is 8.42 Å². The van der Waals surface area contributed by atoms with Crippen LogP contribution in [0.1, 0.15) is 12.8 Å². The van der Waals surface area contributed by atoms with Crippen LogP contribution in [0.15, 0.2) is 57.8 Å². The average molecular weight is 465 g/mol. The first-order chi connectivity index (χ1) is 14.7. The highest BCUT2D eigenvalue weighted by Gasteiger charge is 2.17. The molecule has 0 radical (unpaired) electrons. The largest absolute Gasteiger partial charge is 0.455 e. The SMILES string of the molecule is CC(=O)Nc1ccc(S(=O)(=O)NCC(=O)OCc2nnc(-c3ccc(Cl)cc3)o2)cc1. The van der Waals surface area contributed by atoms with E-state index in [4.69, 9.17) is 20.8 Å². The maximum atomic E-state index is 12.3. The van der Waals surface area contributed by atoms with E-state index < -0.39 is 22.5 Å². The number of carbonyl (C=O) groups is 2. The van der Waals surface area contributed by atoms with E-state index in [-0.39, 0.29) is 29.2 Å². The molecule has 1 heterocycles. The summed E-state index contributed by atoms with van der Waals surface area (Å²) in [5.41, 5.74) is 1.09. The second-order valence-electron chi connectivity index (χ2n) is 6.20. The summed E-state index contributed by atoms with van der Waals surface area (Å²) < 4.78 is 37.0. The molecule has 0 bridgehead atoms. The quantitative estimate of drug-likeness (QED) is 0.484. The van der Waals surface area contributed by atoms with Crippen molar-refractivity contribution in [1.82, 2.24) is 14.9 Å². The lowest BCUT2D eigenvalue weighted by atomic mass is 10.2. The molecule has 3 aromatic rings. The second-order valence-corrected chi connectivity index (χ2v) is 8.40. The van der Waals surface area contributed by atoms with Crippen LogP contribution in [0, 0.1) is 0 Å². The van der Waals surface area contributed by atoms with Gasteiger partial charge >= 0.3 is 5.97 Å². The van der Waals surface area contributed by atoms with Gasteiger partial charge in [0, 0.05) is 23.2 Å². The Morgan fingerprint density at radius 3 is 2.39 bits per heavy atom. The summed E-state index contributed by atoms with van der Waals surface area (Å²) in [5, 5.41) is 10.7. The first kappa shape index (κ1) is 22.4. The molecule has 0 unspecified atom stereocenters. The van der Waals surface area contributed by atoms with E-state index >= 15 is 0 Å². The molecule has 31 heavy (non-hydrogen) atoms. The van der Waals surface area contributed by atoms with Gasteiger partial charge in [0.15, 0.2) is 6.61 Å². The van der Waals surface area contributed by atoms with Crippen LogP contribution in [0.3, 0.4) is 0 Å². The number of benzene rings is 2. The maximum absolute atomic E-state index is 12.3. The van der Waals surface area contributed by atoms with E-state index in [9.17, 15) is 18.0 Å². The Bertz CT molecular complexity index is 1180. The van der Waals surface area contributed by atoms with E-state index in [2.05, 4.69) is 20.2 Å². The summed E-state index contributed by atoms with van der Waals surface area (Å²) in [6.07, 6.45) is 0. The van der Waals surface area contributed by atoms with Crippen LogP contribution in [-0.2, 0) is 31.0 Å². The number of sulfonamides is 1. The van der Waals surface area contributed by atoms with Gasteiger partial charge in [0.05, 0.1) is 4.90 Å². The lowest BCUT2D eigenvalue weighted by Crippen LogP contribution is -2.30. The van der Waals surface area contributed by atoms with Crippen molar-refractivity contribution in [3.63, 3.8) is 0 Å². The zero-order valence-electron chi connectivity index (χ0n) is 16.2. The minimum atomic E-state index is -3.94. The molecule has 0 fully saturated rings. The number of halogens is 1. The van der Waals surface area contributed by atoms with Crippen LogP contribution in [-0.4, -0.2) is 37.0 Å². The maximum Gasteiger partial charge on any atom is 0.321 e. The topological polar surface area (TPSA) is 140 Å². The highest BCUT2D eigenvalue weighted by Crippen LogP contribution is 2.20. The Kier molecular flexibility index (Phi) is 7.00. The molecule has 0 saturated heterocycles. The van der Waals surface area contributed by atoms with Crippen LogP contribution in [0.25, 0.3) is 11.5 Å². The molecule has 12 heteroatoms. The number of nitrogens with zero attached hydrogens (tertiary/aromatic N) is 2. The molecule has 2 N–H and O–H groups in total. The lowest BCUT2D eigenvalue weighted by Gasteiger charge is -2.08. The van der Waals surface area contributed by atoms with Gasteiger partial charge in [-0.2, -0.15) is 4.72 Å². The molecule has 1 amide bonds. The number of hydrogen-bond acceptors (Lipinski definition) is 8. The van der Waals surface area contributed by atoms with Gasteiger partial charge in [0.25, 0.3) is 5.89 Å². The smallest absolute Gasteiger partial charge is 0.321 e.